The van der Waals surface area contributed by atoms with Crippen molar-refractivity contribution in [1.82, 2.24) is 0 Å². The summed E-state index contributed by atoms with van der Waals surface area (Å²) in [4.78, 5) is 11.5. The summed E-state index contributed by atoms with van der Waals surface area (Å²) in [6.07, 6.45) is 15.9. The van der Waals surface area contributed by atoms with Crippen molar-refractivity contribution >= 4 is 16.1 Å². The van der Waals surface area contributed by atoms with Crippen LogP contribution in [0.3, 0.4) is 0 Å². The molecule has 0 aromatic carbocycles. The van der Waals surface area contributed by atoms with Crippen LogP contribution in [0.2, 0.25) is 0 Å². The molecule has 0 saturated carbocycles. The van der Waals surface area contributed by atoms with Gasteiger partial charge in [-0.1, -0.05) is 71.1 Å². The lowest BCUT2D eigenvalue weighted by Gasteiger charge is -2.05. The molecule has 6 heteroatoms. The van der Waals surface area contributed by atoms with Crippen LogP contribution in [0.1, 0.15) is 96.8 Å². The van der Waals surface area contributed by atoms with E-state index in [9.17, 15) is 13.2 Å². The SMILES string of the molecule is CCCCCCCC(=O)OCCCCCCCCCCOS(C)(=O)=O. The standard InChI is InChI=1S/C19H38O5S/c1-3-4-5-10-13-16-19(20)23-17-14-11-8-6-7-9-12-15-18-24-25(2,21)22/h3-18H2,1-2H3. The summed E-state index contributed by atoms with van der Waals surface area (Å²) in [5, 5.41) is 0. The number of ether oxygens (including phenoxy) is 1. The Morgan fingerprint density at radius 2 is 1.20 bits per heavy atom. The fourth-order valence-corrected chi connectivity index (χ4v) is 3.03. The van der Waals surface area contributed by atoms with E-state index in [4.69, 9.17) is 8.92 Å². The van der Waals surface area contributed by atoms with Crippen molar-refractivity contribution < 1.29 is 22.1 Å². The van der Waals surface area contributed by atoms with E-state index >= 15 is 0 Å². The van der Waals surface area contributed by atoms with Crippen LogP contribution in [0.5, 0.6) is 0 Å². The van der Waals surface area contributed by atoms with E-state index in [1.807, 2.05) is 0 Å². The molecule has 0 aliphatic heterocycles. The minimum Gasteiger partial charge on any atom is -0.466 e. The van der Waals surface area contributed by atoms with E-state index in [-0.39, 0.29) is 5.97 Å². The molecule has 0 aliphatic carbocycles. The molecule has 0 bridgehead atoms. The molecular weight excluding hydrogens is 340 g/mol. The zero-order chi connectivity index (χ0) is 18.8. The third-order valence-electron chi connectivity index (χ3n) is 4.08. The van der Waals surface area contributed by atoms with E-state index in [1.165, 1.54) is 25.7 Å². The second-order valence-electron chi connectivity index (χ2n) is 6.74. The van der Waals surface area contributed by atoms with Gasteiger partial charge in [0.25, 0.3) is 10.1 Å². The maximum absolute atomic E-state index is 11.5. The normalized spacial score (nSPS) is 11.6. The summed E-state index contributed by atoms with van der Waals surface area (Å²) in [7, 11) is -3.29. The zero-order valence-electron chi connectivity index (χ0n) is 16.3. The minimum atomic E-state index is -3.29. The Morgan fingerprint density at radius 1 is 0.720 bits per heavy atom. The molecule has 0 rings (SSSR count). The highest BCUT2D eigenvalue weighted by Gasteiger charge is 2.02. The molecule has 0 saturated heterocycles. The highest BCUT2D eigenvalue weighted by Crippen LogP contribution is 2.10. The lowest BCUT2D eigenvalue weighted by atomic mass is 10.1. The van der Waals surface area contributed by atoms with E-state index in [2.05, 4.69) is 6.92 Å². The van der Waals surface area contributed by atoms with Gasteiger partial charge in [0.05, 0.1) is 19.5 Å². The topological polar surface area (TPSA) is 69.7 Å². The highest BCUT2D eigenvalue weighted by molar-refractivity contribution is 7.85. The quantitative estimate of drug-likeness (QED) is 0.191. The van der Waals surface area contributed by atoms with Crippen molar-refractivity contribution in [3.05, 3.63) is 0 Å². The molecule has 0 aliphatic rings. The predicted octanol–water partition coefficient (Wildman–Crippen LogP) is 4.99. The van der Waals surface area contributed by atoms with Crippen LogP contribution >= 0.6 is 0 Å². The summed E-state index contributed by atoms with van der Waals surface area (Å²) in [5.41, 5.74) is 0. The fraction of sp³-hybridized carbons (Fsp3) is 0.947. The summed E-state index contributed by atoms with van der Waals surface area (Å²) in [6.45, 7) is 3.03. The van der Waals surface area contributed by atoms with Gasteiger partial charge in [0.15, 0.2) is 0 Å². The van der Waals surface area contributed by atoms with Crippen LogP contribution in [-0.4, -0.2) is 33.9 Å². The van der Waals surface area contributed by atoms with Gasteiger partial charge in [-0.25, -0.2) is 0 Å². The van der Waals surface area contributed by atoms with Gasteiger partial charge in [-0.2, -0.15) is 8.42 Å². The Morgan fingerprint density at radius 3 is 1.76 bits per heavy atom. The maximum Gasteiger partial charge on any atom is 0.305 e. The van der Waals surface area contributed by atoms with Crippen molar-refractivity contribution in [3.63, 3.8) is 0 Å². The average Bonchev–Trinajstić information content (AvgIpc) is 2.54. The molecule has 0 aromatic rings. The molecule has 0 amide bonds. The first-order valence-corrected chi connectivity index (χ1v) is 11.8. The largest absolute Gasteiger partial charge is 0.466 e. The Balaban J connectivity index is 3.19. The van der Waals surface area contributed by atoms with Crippen molar-refractivity contribution in [1.29, 1.82) is 0 Å². The second kappa shape index (κ2) is 16.8. The van der Waals surface area contributed by atoms with Gasteiger partial charge in [-0.15, -0.1) is 0 Å². The number of hydrogen-bond acceptors (Lipinski definition) is 5. The molecule has 0 radical (unpaired) electrons. The zero-order valence-corrected chi connectivity index (χ0v) is 17.1. The van der Waals surface area contributed by atoms with Crippen LogP contribution in [0, 0.1) is 0 Å². The summed E-state index contributed by atoms with van der Waals surface area (Å²) >= 11 is 0. The van der Waals surface area contributed by atoms with E-state index < -0.39 is 10.1 Å². The van der Waals surface area contributed by atoms with Gasteiger partial charge in [0.2, 0.25) is 0 Å². The Kier molecular flexibility index (Phi) is 16.4. The number of rotatable bonds is 18. The van der Waals surface area contributed by atoms with Crippen molar-refractivity contribution in [3.8, 4) is 0 Å². The molecule has 5 nitrogen and oxygen atoms in total. The van der Waals surface area contributed by atoms with Crippen LogP contribution in [-0.2, 0) is 23.8 Å². The fourth-order valence-electron chi connectivity index (χ4n) is 2.61. The van der Waals surface area contributed by atoms with E-state index in [0.717, 1.165) is 64.0 Å². The molecule has 0 unspecified atom stereocenters. The number of unbranched alkanes of at least 4 members (excludes halogenated alkanes) is 11. The molecule has 0 N–H and O–H groups in total. The summed E-state index contributed by atoms with van der Waals surface area (Å²) in [5.74, 6) is -0.0483. The van der Waals surface area contributed by atoms with Gasteiger partial charge in [0, 0.05) is 6.42 Å². The number of carbonyl (C=O) groups excluding carboxylic acids is 1. The number of hydrogen-bond donors (Lipinski definition) is 0. The van der Waals surface area contributed by atoms with Crippen molar-refractivity contribution in [2.75, 3.05) is 19.5 Å². The molecule has 25 heavy (non-hydrogen) atoms. The molecule has 0 spiro atoms. The number of esters is 1. The van der Waals surface area contributed by atoms with E-state index in [1.54, 1.807) is 0 Å². The van der Waals surface area contributed by atoms with Crippen LogP contribution in [0.25, 0.3) is 0 Å². The van der Waals surface area contributed by atoms with Crippen LogP contribution < -0.4 is 0 Å². The molecule has 150 valence electrons. The third-order valence-corrected chi connectivity index (χ3v) is 4.68. The van der Waals surface area contributed by atoms with Crippen LogP contribution in [0.15, 0.2) is 0 Å². The lowest BCUT2D eigenvalue weighted by Crippen LogP contribution is -2.05. The molecular formula is C19H38O5S. The van der Waals surface area contributed by atoms with Gasteiger partial charge >= 0.3 is 5.97 Å². The molecule has 0 fully saturated rings. The average molecular weight is 379 g/mol. The Hall–Kier alpha value is -0.620. The minimum absolute atomic E-state index is 0.0483. The highest BCUT2D eigenvalue weighted by atomic mass is 32.2. The summed E-state index contributed by atoms with van der Waals surface area (Å²) in [6, 6.07) is 0. The predicted molar refractivity (Wildman–Crippen MR) is 102 cm³/mol. The first-order chi connectivity index (χ1) is 12.0. The van der Waals surface area contributed by atoms with Crippen molar-refractivity contribution in [2.24, 2.45) is 0 Å². The summed E-state index contributed by atoms with van der Waals surface area (Å²) < 4.78 is 31.5. The van der Waals surface area contributed by atoms with Gasteiger partial charge in [0.1, 0.15) is 0 Å². The van der Waals surface area contributed by atoms with Gasteiger partial charge < -0.3 is 4.74 Å². The van der Waals surface area contributed by atoms with Gasteiger partial charge in [-0.3, -0.25) is 8.98 Å². The van der Waals surface area contributed by atoms with Crippen LogP contribution in [0.4, 0.5) is 0 Å². The number of carbonyl (C=O) groups is 1. The van der Waals surface area contributed by atoms with E-state index in [0.29, 0.717) is 19.6 Å². The second-order valence-corrected chi connectivity index (χ2v) is 8.38. The first kappa shape index (κ1) is 24.4. The monoisotopic (exact) mass is 378 g/mol. The first-order valence-electron chi connectivity index (χ1n) is 9.95. The molecule has 0 heterocycles. The smallest absolute Gasteiger partial charge is 0.305 e. The third kappa shape index (κ3) is 21.3. The lowest BCUT2D eigenvalue weighted by molar-refractivity contribution is -0.143. The van der Waals surface area contributed by atoms with Gasteiger partial charge in [-0.05, 0) is 19.3 Å². The Labute approximate surface area is 155 Å². The maximum atomic E-state index is 11.5. The van der Waals surface area contributed by atoms with Crippen molar-refractivity contribution in [2.45, 2.75) is 96.8 Å². The molecule has 0 aromatic heterocycles. The Bertz CT molecular complexity index is 406. The molecule has 0 atom stereocenters.